The summed E-state index contributed by atoms with van der Waals surface area (Å²) in [5, 5.41) is -0.282. The highest BCUT2D eigenvalue weighted by molar-refractivity contribution is 9.10. The number of rotatable bonds is 11. The first-order chi connectivity index (χ1) is 17.9. The summed E-state index contributed by atoms with van der Waals surface area (Å²) in [4.78, 5) is 12.9. The maximum absolute atomic E-state index is 13.8. The van der Waals surface area contributed by atoms with Gasteiger partial charge in [-0.25, -0.2) is 17.2 Å². The number of hydrogen-bond acceptors (Lipinski definition) is 3. The maximum atomic E-state index is 13.8. The van der Waals surface area contributed by atoms with Crippen molar-refractivity contribution >= 4 is 72.4 Å². The number of carbonyl (C=O) groups is 1. The number of carbonyl (C=O) groups excluding carboxylic acids is 1. The number of allylic oxidation sites excluding steroid dienone is 1. The first-order valence-electron chi connectivity index (χ1n) is 11.7. The molecule has 39 heavy (non-hydrogen) atoms. The molecule has 214 valence electrons. The molecule has 0 radical (unpaired) electrons. The summed E-state index contributed by atoms with van der Waals surface area (Å²) in [6.45, 7) is 1.71. The van der Waals surface area contributed by atoms with Crippen LogP contribution in [0.2, 0.25) is 15.1 Å². The van der Waals surface area contributed by atoms with Gasteiger partial charge in [0, 0.05) is 28.8 Å². The maximum Gasteiger partial charge on any atom is 0.399 e. The zero-order valence-electron chi connectivity index (χ0n) is 20.3. The van der Waals surface area contributed by atoms with Crippen LogP contribution in [0.25, 0.3) is 6.08 Å². The van der Waals surface area contributed by atoms with Crippen molar-refractivity contribution < 1.29 is 35.2 Å². The second kappa shape index (κ2) is 12.3. The molecule has 1 fully saturated rings. The lowest BCUT2D eigenvalue weighted by Crippen LogP contribution is -2.23. The molecule has 3 atom stereocenters. The predicted octanol–water partition coefficient (Wildman–Crippen LogP) is 9.44. The number of halogens is 9. The predicted molar refractivity (Wildman–Crippen MR) is 148 cm³/mol. The van der Waals surface area contributed by atoms with Gasteiger partial charge in [-0.3, -0.25) is 4.79 Å². The number of sulfone groups is 1. The lowest BCUT2D eigenvalue weighted by Gasteiger charge is -2.18. The Morgan fingerprint density at radius 2 is 1.74 bits per heavy atom. The Morgan fingerprint density at radius 3 is 2.23 bits per heavy atom. The van der Waals surface area contributed by atoms with Crippen molar-refractivity contribution in [3.63, 3.8) is 0 Å². The van der Waals surface area contributed by atoms with Crippen LogP contribution >= 0.6 is 50.7 Å². The molecule has 0 heterocycles. The molecule has 0 aromatic heterocycles. The minimum Gasteiger partial charge on any atom is -0.294 e. The third kappa shape index (κ3) is 8.64. The van der Waals surface area contributed by atoms with Gasteiger partial charge in [0.05, 0.1) is 32.5 Å². The van der Waals surface area contributed by atoms with Gasteiger partial charge in [-0.1, -0.05) is 82.3 Å². The molecule has 0 spiro atoms. The molecule has 2 unspecified atom stereocenters. The lowest BCUT2D eigenvalue weighted by molar-refractivity contribution is -0.139. The molecule has 0 N–H and O–H groups in total. The number of benzene rings is 2. The first kappa shape index (κ1) is 32.3. The van der Waals surface area contributed by atoms with Crippen molar-refractivity contribution in [1.82, 2.24) is 0 Å². The van der Waals surface area contributed by atoms with E-state index in [-0.39, 0.29) is 44.2 Å². The Morgan fingerprint density at radius 1 is 1.15 bits per heavy atom. The van der Waals surface area contributed by atoms with E-state index in [1.54, 1.807) is 6.92 Å². The van der Waals surface area contributed by atoms with Gasteiger partial charge in [-0.2, -0.15) is 13.2 Å². The average Bonchev–Trinajstić information content (AvgIpc) is 3.39. The van der Waals surface area contributed by atoms with E-state index in [1.807, 2.05) is 0 Å². The van der Waals surface area contributed by atoms with Crippen molar-refractivity contribution in [2.45, 2.75) is 44.2 Å². The Hall–Kier alpha value is -1.20. The molecule has 0 amide bonds. The molecule has 2 aromatic carbocycles. The number of Topliss-reactive ketones (excluding diaryl/α,β-unsaturated/α-hetero) is 1. The highest BCUT2D eigenvalue weighted by Gasteiger charge is 2.58. The van der Waals surface area contributed by atoms with Crippen LogP contribution in [0.1, 0.15) is 53.6 Å². The zero-order valence-corrected chi connectivity index (χ0v) is 25.0. The average molecular weight is 697 g/mol. The van der Waals surface area contributed by atoms with Crippen LogP contribution in [0.15, 0.2) is 40.9 Å². The van der Waals surface area contributed by atoms with Crippen molar-refractivity contribution in [3.8, 4) is 0 Å². The molecule has 3 rings (SSSR count). The van der Waals surface area contributed by atoms with Crippen molar-refractivity contribution in [3.05, 3.63) is 72.6 Å². The second-order valence-electron chi connectivity index (χ2n) is 9.56. The normalized spacial score (nSPS) is 18.8. The third-order valence-electron chi connectivity index (χ3n) is 6.44. The molecule has 13 heteroatoms. The summed E-state index contributed by atoms with van der Waals surface area (Å²) in [7, 11) is -3.77. The Balaban J connectivity index is 1.73. The van der Waals surface area contributed by atoms with Gasteiger partial charge in [0.25, 0.3) is 5.92 Å². The standard InChI is InChI=1S/C26H23BrCl3F5O3S/c1-2-14(12-39(37,38)13-17-11-25(17,31)32)8-23(36)18-5-3-15(7-20(18)27)4-6-19(26(33,34)35)16-9-21(28)24(30)22(29)10-16/h3-7,9-10,14,17,19H,2,8,11-13H2,1H3/b6-4+/t14-,17?,19?/m0/s1. The molecular formula is C26H23BrCl3F5O3S. The summed E-state index contributed by atoms with van der Waals surface area (Å²) in [6.07, 6.45) is -2.71. The molecule has 1 saturated carbocycles. The van der Waals surface area contributed by atoms with Crippen molar-refractivity contribution in [2.75, 3.05) is 11.5 Å². The smallest absolute Gasteiger partial charge is 0.294 e. The van der Waals surface area contributed by atoms with Gasteiger partial charge < -0.3 is 0 Å². The van der Waals surface area contributed by atoms with E-state index in [9.17, 15) is 35.2 Å². The molecule has 3 nitrogen and oxygen atoms in total. The SMILES string of the molecule is CC[C@@H](CC(=O)c1ccc(/C=C/C(c2cc(Cl)c(Cl)c(Cl)c2)C(F)(F)F)cc1Br)CS(=O)(=O)CC1CC1(F)F. The second-order valence-corrected chi connectivity index (χ2v) is 13.8. The quantitative estimate of drug-likeness (QED) is 0.134. The van der Waals surface area contributed by atoms with Gasteiger partial charge in [-0.05, 0) is 41.3 Å². The van der Waals surface area contributed by atoms with E-state index < -0.39 is 51.9 Å². The fraction of sp³-hybridized carbons (Fsp3) is 0.423. The fourth-order valence-electron chi connectivity index (χ4n) is 4.11. The van der Waals surface area contributed by atoms with E-state index in [4.69, 9.17) is 34.8 Å². The molecular weight excluding hydrogens is 674 g/mol. The zero-order chi connectivity index (χ0) is 29.3. The van der Waals surface area contributed by atoms with Crippen molar-refractivity contribution in [1.29, 1.82) is 0 Å². The van der Waals surface area contributed by atoms with Gasteiger partial charge in [0.15, 0.2) is 15.6 Å². The van der Waals surface area contributed by atoms with Crippen LogP contribution in [0, 0.1) is 11.8 Å². The van der Waals surface area contributed by atoms with Crippen LogP contribution in [0.5, 0.6) is 0 Å². The number of alkyl halides is 5. The van der Waals surface area contributed by atoms with Crippen LogP contribution in [-0.2, 0) is 9.84 Å². The summed E-state index contributed by atoms with van der Waals surface area (Å²) < 4.78 is 92.7. The Bertz CT molecular complexity index is 1360. The number of ketones is 1. The van der Waals surface area contributed by atoms with Gasteiger partial charge in [0.2, 0.25) is 0 Å². The number of hydrogen-bond donors (Lipinski definition) is 0. The van der Waals surface area contributed by atoms with Crippen LogP contribution < -0.4 is 0 Å². The highest BCUT2D eigenvalue weighted by atomic mass is 79.9. The Kier molecular flexibility index (Phi) is 10.2. The minimum absolute atomic E-state index is 0.0523. The molecule has 0 aliphatic heterocycles. The molecule has 1 aliphatic rings. The van der Waals surface area contributed by atoms with E-state index in [2.05, 4.69) is 15.9 Å². The summed E-state index contributed by atoms with van der Waals surface area (Å²) in [5.41, 5.74) is 0.383. The topological polar surface area (TPSA) is 51.2 Å². The van der Waals surface area contributed by atoms with Gasteiger partial charge in [-0.15, -0.1) is 0 Å². The van der Waals surface area contributed by atoms with E-state index in [0.717, 1.165) is 18.2 Å². The van der Waals surface area contributed by atoms with E-state index >= 15 is 0 Å². The van der Waals surface area contributed by atoms with E-state index in [0.29, 0.717) is 16.5 Å². The Labute approximate surface area is 246 Å². The molecule has 1 aliphatic carbocycles. The summed E-state index contributed by atoms with van der Waals surface area (Å²) >= 11 is 20.9. The summed E-state index contributed by atoms with van der Waals surface area (Å²) in [6, 6.07) is 6.53. The van der Waals surface area contributed by atoms with Crippen LogP contribution in [-0.4, -0.2) is 37.8 Å². The largest absolute Gasteiger partial charge is 0.399 e. The van der Waals surface area contributed by atoms with Crippen LogP contribution in [0.4, 0.5) is 22.0 Å². The monoisotopic (exact) mass is 694 g/mol. The fourth-order valence-corrected chi connectivity index (χ4v) is 7.52. The van der Waals surface area contributed by atoms with E-state index in [1.165, 1.54) is 24.3 Å². The highest BCUT2D eigenvalue weighted by Crippen LogP contribution is 2.49. The summed E-state index contributed by atoms with van der Waals surface area (Å²) in [5.74, 6) is -8.08. The lowest BCUT2D eigenvalue weighted by atomic mass is 9.95. The third-order valence-corrected chi connectivity index (χ3v) is 10.2. The minimum atomic E-state index is -4.66. The first-order valence-corrected chi connectivity index (χ1v) is 15.5. The van der Waals surface area contributed by atoms with Gasteiger partial charge in [0.1, 0.15) is 0 Å². The molecule has 0 bridgehead atoms. The van der Waals surface area contributed by atoms with Crippen molar-refractivity contribution in [2.24, 2.45) is 11.8 Å². The molecule has 0 saturated heterocycles. The van der Waals surface area contributed by atoms with Crippen LogP contribution in [0.3, 0.4) is 0 Å². The van der Waals surface area contributed by atoms with Gasteiger partial charge >= 0.3 is 6.18 Å². The molecule has 2 aromatic rings.